The van der Waals surface area contributed by atoms with Crippen LogP contribution < -0.4 is 33.7 Å². The first-order valence-corrected chi connectivity index (χ1v) is 22.5. The normalized spacial score (nSPS) is 35.0. The van der Waals surface area contributed by atoms with E-state index in [2.05, 4.69) is 47.6 Å². The summed E-state index contributed by atoms with van der Waals surface area (Å²) in [4.78, 5) is 2.35. The fraction of sp³-hybridized carbons (Fsp3) is 0.520. The van der Waals surface area contributed by atoms with Gasteiger partial charge in [0.25, 0.3) is 0 Å². The smallest absolute Gasteiger partial charge is 0.166 e. The lowest BCUT2D eigenvalue weighted by atomic mass is 9.69. The minimum Gasteiger partial charge on any atom is -0.633 e. The number of benzene rings is 3. The Morgan fingerprint density at radius 2 is 1.09 bits per heavy atom. The zero-order valence-corrected chi connectivity index (χ0v) is 37.5. The van der Waals surface area contributed by atoms with E-state index >= 15 is 0 Å². The van der Waals surface area contributed by atoms with E-state index in [0.717, 1.165) is 85.3 Å². The van der Waals surface area contributed by atoms with E-state index < -0.39 is 18.3 Å². The van der Waals surface area contributed by atoms with Crippen molar-refractivity contribution in [3.8, 4) is 34.5 Å². The number of hydrogen-bond acceptors (Lipinski definition) is 12. The lowest BCUT2D eigenvalue weighted by molar-refractivity contribution is -0.874. The van der Waals surface area contributed by atoms with Gasteiger partial charge in [-0.1, -0.05) is 48.6 Å². The van der Waals surface area contributed by atoms with Gasteiger partial charge in [-0.25, -0.2) is 0 Å². The number of hydroxylamine groups is 3. The second-order valence-electron chi connectivity index (χ2n) is 19.2. The van der Waals surface area contributed by atoms with Gasteiger partial charge in [0.15, 0.2) is 34.5 Å². The van der Waals surface area contributed by atoms with Crippen LogP contribution in [0.5, 0.6) is 34.5 Å². The highest BCUT2D eigenvalue weighted by molar-refractivity contribution is 5.75. The molecule has 3 aromatic carbocycles. The van der Waals surface area contributed by atoms with Crippen molar-refractivity contribution in [1.29, 1.82) is 0 Å². The number of methoxy groups -OCH3 is 3. The van der Waals surface area contributed by atoms with Gasteiger partial charge < -0.3 is 63.8 Å². The summed E-state index contributed by atoms with van der Waals surface area (Å²) in [6.07, 6.45) is 15.3. The topological polar surface area (TPSA) is 154 Å². The first-order chi connectivity index (χ1) is 30.3. The zero-order valence-electron chi connectivity index (χ0n) is 37.5. The Balaban J connectivity index is 0.000000121. The molecule has 64 heavy (non-hydrogen) atoms. The maximum Gasteiger partial charge on any atom is 0.166 e. The first kappa shape index (κ1) is 44.7. The molecule has 13 nitrogen and oxygen atoms in total. The van der Waals surface area contributed by atoms with Gasteiger partial charge in [-0.15, -0.1) is 0 Å². The van der Waals surface area contributed by atoms with Crippen LogP contribution in [0.4, 0.5) is 0 Å². The number of nitrogens with zero attached hydrogens (tertiary/aromatic N) is 2. The third-order valence-electron chi connectivity index (χ3n) is 15.3. The Kier molecular flexibility index (Phi) is 11.7. The predicted octanol–water partition coefficient (Wildman–Crippen LogP) is 4.84. The van der Waals surface area contributed by atoms with Crippen molar-refractivity contribution in [2.24, 2.45) is 0 Å². The van der Waals surface area contributed by atoms with Crippen molar-refractivity contribution in [2.45, 2.75) is 111 Å². The summed E-state index contributed by atoms with van der Waals surface area (Å²) >= 11 is 0. The molecule has 3 radical (unpaired) electrons. The van der Waals surface area contributed by atoms with Gasteiger partial charge in [0.1, 0.15) is 24.9 Å². The van der Waals surface area contributed by atoms with Gasteiger partial charge in [0.05, 0.1) is 69.5 Å². The average Bonchev–Trinajstić information content (AvgIpc) is 3.78. The largest absolute Gasteiger partial charge is 0.633 e. The molecule has 0 fully saturated rings. The van der Waals surface area contributed by atoms with Gasteiger partial charge >= 0.3 is 0 Å². The lowest BCUT2D eigenvalue weighted by Crippen LogP contribution is -2.44. The van der Waals surface area contributed by atoms with Crippen LogP contribution in [0.25, 0.3) is 0 Å². The van der Waals surface area contributed by atoms with Crippen molar-refractivity contribution >= 4 is 8.41 Å². The molecule has 339 valence electrons. The molecule has 10 unspecified atom stereocenters. The monoisotopic (exact) mass is 874 g/mol. The van der Waals surface area contributed by atoms with Gasteiger partial charge in [0.2, 0.25) is 0 Å². The van der Waals surface area contributed by atoms with Crippen LogP contribution in [0.2, 0.25) is 0 Å². The minimum absolute atomic E-state index is 0. The Labute approximate surface area is 378 Å². The van der Waals surface area contributed by atoms with Crippen molar-refractivity contribution in [3.63, 3.8) is 0 Å². The molecule has 0 saturated heterocycles. The fourth-order valence-corrected chi connectivity index (χ4v) is 12.1. The van der Waals surface area contributed by atoms with Crippen LogP contribution in [-0.4, -0.2) is 125 Å². The Morgan fingerprint density at radius 3 is 1.61 bits per heavy atom. The number of aliphatic hydroxyl groups excluding tert-OH is 3. The first-order valence-electron chi connectivity index (χ1n) is 22.5. The molecule has 12 rings (SSSR count). The van der Waals surface area contributed by atoms with E-state index in [4.69, 9.17) is 28.4 Å². The summed E-state index contributed by atoms with van der Waals surface area (Å²) in [6.45, 7) is 4.76. The van der Waals surface area contributed by atoms with Crippen molar-refractivity contribution < 1.29 is 48.4 Å². The number of quaternary nitrogens is 1. The molecule has 6 aliphatic heterocycles. The summed E-state index contributed by atoms with van der Waals surface area (Å²) in [5.41, 5.74) is 6.74. The molecule has 4 N–H and O–H groups in total. The Bertz CT molecular complexity index is 2370. The molecule has 10 atom stereocenters. The SMILES string of the molecule is COc1ccc2c3c1OC1CC(O)C=CC31CCN(C)C2.COc1ccc2c3c1OC1CC(O)C=CC31CCNC2.COc1ccc2c3c1OC1CC(O)C=CC31CC[N+](C)([O-])C2.[B]. The van der Waals surface area contributed by atoms with Crippen molar-refractivity contribution in [3.05, 3.63) is 111 Å². The second kappa shape index (κ2) is 16.7. The van der Waals surface area contributed by atoms with E-state index in [-0.39, 0.29) is 47.6 Å². The fourth-order valence-electron chi connectivity index (χ4n) is 12.1. The van der Waals surface area contributed by atoms with Gasteiger partial charge in [-0.05, 0) is 68.4 Å². The quantitative estimate of drug-likeness (QED) is 0.123. The lowest BCUT2D eigenvalue weighted by Gasteiger charge is -2.40. The van der Waals surface area contributed by atoms with Crippen LogP contribution >= 0.6 is 0 Å². The van der Waals surface area contributed by atoms with Crippen LogP contribution in [0.3, 0.4) is 0 Å². The van der Waals surface area contributed by atoms with E-state index in [1.807, 2.05) is 42.5 Å². The van der Waals surface area contributed by atoms with Crippen LogP contribution in [0.1, 0.15) is 71.9 Å². The highest BCUT2D eigenvalue weighted by Crippen LogP contribution is 2.58. The molecule has 0 saturated carbocycles. The molecular formula is C50H61BN3O10. The summed E-state index contributed by atoms with van der Waals surface area (Å²) < 4.78 is 34.8. The summed E-state index contributed by atoms with van der Waals surface area (Å²) in [5.74, 6) is 4.81. The molecule has 0 bridgehead atoms. The molecule has 0 aromatic heterocycles. The van der Waals surface area contributed by atoms with Crippen LogP contribution in [0.15, 0.2) is 72.9 Å². The summed E-state index contributed by atoms with van der Waals surface area (Å²) in [5, 5.41) is 46.0. The maximum atomic E-state index is 12.7. The highest BCUT2D eigenvalue weighted by atomic mass is 16.5. The summed E-state index contributed by atoms with van der Waals surface area (Å²) in [6, 6.07) is 12.1. The third kappa shape index (κ3) is 7.12. The van der Waals surface area contributed by atoms with Crippen molar-refractivity contribution in [2.75, 3.05) is 55.1 Å². The molecule has 0 amide bonds. The molecule has 14 heteroatoms. The van der Waals surface area contributed by atoms with Gasteiger partial charge in [-0.3, -0.25) is 0 Å². The highest BCUT2D eigenvalue weighted by Gasteiger charge is 2.55. The Hall–Kier alpha value is -4.54. The predicted molar refractivity (Wildman–Crippen MR) is 242 cm³/mol. The number of hydrogen-bond donors (Lipinski definition) is 4. The number of ether oxygens (including phenoxy) is 6. The van der Waals surface area contributed by atoms with Crippen molar-refractivity contribution in [1.82, 2.24) is 10.2 Å². The number of nitrogens with one attached hydrogen (secondary N) is 1. The maximum absolute atomic E-state index is 12.7. The molecule has 9 aliphatic rings. The Morgan fingerprint density at radius 1 is 0.656 bits per heavy atom. The van der Waals surface area contributed by atoms with Crippen LogP contribution in [-0.2, 0) is 35.9 Å². The van der Waals surface area contributed by atoms with E-state index in [1.54, 1.807) is 28.4 Å². The minimum atomic E-state index is -0.490. The molecule has 3 aliphatic carbocycles. The second-order valence-corrected chi connectivity index (χ2v) is 19.2. The third-order valence-corrected chi connectivity index (χ3v) is 15.3. The van der Waals surface area contributed by atoms with E-state index in [9.17, 15) is 20.5 Å². The van der Waals surface area contributed by atoms with E-state index in [0.29, 0.717) is 38.1 Å². The molecule has 6 heterocycles. The summed E-state index contributed by atoms with van der Waals surface area (Å²) in [7, 11) is 8.88. The molecular weight excluding hydrogens is 813 g/mol. The number of rotatable bonds is 3. The average molecular weight is 875 g/mol. The standard InChI is InChI=1S/C17H21NO4.C17H21NO3.C16H19NO3.B/c1-18(20)8-7-17-6-5-12(19)9-14(17)22-16-13(21-2)4-3-11(10-18)15(16)17;1-18-8-7-17-6-5-12(19)9-14(17)21-16-13(20-2)4-3-11(10-18)15(16)17;1-19-12-3-2-10-9-17-7-6-16-5-4-11(18)8-13(16)20-15(12)14(10)16;/h3-6,12,14,19H,7-10H2,1-2H3;3-6,12,14,19H,7-10H2,1-2H3;2-5,11,13,17-18H,6-9H2,1H3;. The van der Waals surface area contributed by atoms with E-state index in [1.165, 1.54) is 22.3 Å². The van der Waals surface area contributed by atoms with Crippen LogP contribution in [0, 0.1) is 5.21 Å². The van der Waals surface area contributed by atoms with Gasteiger partial charge in [0, 0.05) is 69.4 Å². The molecule has 3 spiro atoms. The number of aliphatic hydroxyl groups is 3. The molecule has 3 aromatic rings. The van der Waals surface area contributed by atoms with Gasteiger partial charge in [-0.2, -0.15) is 0 Å². The zero-order chi connectivity index (χ0) is 43.9.